The van der Waals surface area contributed by atoms with Gasteiger partial charge in [0, 0.05) is 52.3 Å². The number of rotatable bonds is 5. The molecule has 0 saturated carbocycles. The molecule has 0 spiro atoms. The van der Waals surface area contributed by atoms with Gasteiger partial charge in [-0.15, -0.1) is 23.5 Å². The van der Waals surface area contributed by atoms with E-state index in [9.17, 15) is 34.8 Å². The van der Waals surface area contributed by atoms with Crippen LogP contribution in [0, 0.1) is 23.7 Å². The van der Waals surface area contributed by atoms with Crippen molar-refractivity contribution in [2.24, 2.45) is 23.7 Å². The Hall–Kier alpha value is -1.93. The molecule has 12 heteroatoms. The van der Waals surface area contributed by atoms with Crippen molar-refractivity contribution < 1.29 is 49.4 Å². The molecule has 2 heterocycles. The quantitative estimate of drug-likeness (QED) is 0.231. The molecule has 10 nitrogen and oxygen atoms in total. The van der Waals surface area contributed by atoms with Crippen molar-refractivity contribution >= 4 is 41.2 Å². The van der Waals surface area contributed by atoms with E-state index in [2.05, 4.69) is 0 Å². The predicted octanol–water partition coefficient (Wildman–Crippen LogP) is 1.05. The van der Waals surface area contributed by atoms with Gasteiger partial charge in [0.15, 0.2) is 5.78 Å². The Morgan fingerprint density at radius 3 is 2.13 bits per heavy atom. The molecule has 214 valence electrons. The van der Waals surface area contributed by atoms with Crippen LogP contribution in [0.3, 0.4) is 0 Å². The number of carbonyl (C=O) groups is 3. The molecule has 8 atom stereocenters. The lowest BCUT2D eigenvalue weighted by Gasteiger charge is -2.41. The second-order valence-electron chi connectivity index (χ2n) is 9.83. The van der Waals surface area contributed by atoms with Crippen LogP contribution in [-0.2, 0) is 23.9 Å². The van der Waals surface area contributed by atoms with Crippen LogP contribution in [-0.4, -0.2) is 99.0 Å². The third kappa shape index (κ3) is 6.22. The van der Waals surface area contributed by atoms with Gasteiger partial charge in [-0.3, -0.25) is 9.59 Å². The number of Topliss-reactive ketones (excluding diaryl/α,β-unsaturated/α-hetero) is 1. The molecule has 5 N–H and O–H groups in total. The van der Waals surface area contributed by atoms with Crippen LogP contribution in [0.1, 0.15) is 19.8 Å². The molecule has 0 amide bonds. The summed E-state index contributed by atoms with van der Waals surface area (Å²) in [5.41, 5.74) is 1.02. The van der Waals surface area contributed by atoms with Gasteiger partial charge in [0.2, 0.25) is 0 Å². The normalized spacial score (nSPS) is 35.4. The fraction of sp³-hybridized carbons (Fsp3) is 0.593. The molecule has 0 radical (unpaired) electrons. The highest BCUT2D eigenvalue weighted by Gasteiger charge is 2.49. The van der Waals surface area contributed by atoms with Crippen molar-refractivity contribution in [3.05, 3.63) is 45.3 Å². The average Bonchev–Trinajstić information content (AvgIpc) is 3.63. The molecule has 0 aromatic carbocycles. The number of fused-ring (bicyclic) bond motifs is 2. The van der Waals surface area contributed by atoms with Crippen molar-refractivity contribution in [1.29, 1.82) is 0 Å². The van der Waals surface area contributed by atoms with E-state index in [-0.39, 0.29) is 35.6 Å². The van der Waals surface area contributed by atoms with Gasteiger partial charge in [-0.1, -0.05) is 24.3 Å². The highest BCUT2D eigenvalue weighted by molar-refractivity contribution is 8.04. The molecule has 1 saturated heterocycles. The number of esters is 1. The number of thioether (sulfide) groups is 2. The van der Waals surface area contributed by atoms with Gasteiger partial charge < -0.3 is 35.0 Å². The van der Waals surface area contributed by atoms with Gasteiger partial charge in [-0.25, -0.2) is 4.79 Å². The minimum Gasteiger partial charge on any atom is -0.481 e. The van der Waals surface area contributed by atoms with Gasteiger partial charge in [0.1, 0.15) is 0 Å². The van der Waals surface area contributed by atoms with Crippen LogP contribution in [0.4, 0.5) is 0 Å². The maximum atomic E-state index is 12.0. The Kier molecular flexibility index (Phi) is 10.1. The zero-order valence-electron chi connectivity index (χ0n) is 21.5. The molecule has 2 aliphatic heterocycles. The smallest absolute Gasteiger partial charge is 0.335 e. The Morgan fingerprint density at radius 1 is 0.949 bits per heavy atom. The first-order valence-corrected chi connectivity index (χ1v) is 15.0. The van der Waals surface area contributed by atoms with E-state index in [1.54, 1.807) is 19.1 Å². The number of aliphatic hydroxyl groups is 4. The molecule has 1 fully saturated rings. The summed E-state index contributed by atoms with van der Waals surface area (Å²) in [5.74, 6) is -2.82. The monoisotopic (exact) mass is 582 g/mol. The first-order valence-electron chi connectivity index (χ1n) is 13.0. The molecule has 39 heavy (non-hydrogen) atoms. The Morgan fingerprint density at radius 2 is 1.51 bits per heavy atom. The molecular formula is C27H34O10S2. The lowest BCUT2D eigenvalue weighted by molar-refractivity contribution is -0.140. The molecule has 8 aliphatic rings. The minimum atomic E-state index is -1.07. The molecular weight excluding hydrogens is 548 g/mol. The fourth-order valence-corrected chi connectivity index (χ4v) is 7.80. The number of carbonyl (C=O) groups excluding carboxylic acids is 2. The summed E-state index contributed by atoms with van der Waals surface area (Å²) in [6.45, 7) is 3.86. The van der Waals surface area contributed by atoms with Crippen LogP contribution in [0.5, 0.6) is 0 Å². The van der Waals surface area contributed by atoms with Gasteiger partial charge in [0.25, 0.3) is 0 Å². The first kappa shape index (κ1) is 30.0. The molecule has 8 rings (SSSR count). The first-order chi connectivity index (χ1) is 18.7. The molecule has 4 bridgehead atoms. The van der Waals surface area contributed by atoms with Crippen LogP contribution >= 0.6 is 23.5 Å². The Balaban J connectivity index is 0.000000159. The van der Waals surface area contributed by atoms with Crippen molar-refractivity contribution in [3.63, 3.8) is 0 Å². The van der Waals surface area contributed by atoms with Crippen LogP contribution < -0.4 is 0 Å². The second kappa shape index (κ2) is 13.2. The third-order valence-electron chi connectivity index (χ3n) is 7.36. The zero-order chi connectivity index (χ0) is 28.3. The van der Waals surface area contributed by atoms with Crippen molar-refractivity contribution in [2.45, 2.75) is 44.2 Å². The number of ether oxygens (including phenoxy) is 2. The van der Waals surface area contributed by atoms with E-state index in [4.69, 9.17) is 14.6 Å². The topological polar surface area (TPSA) is 171 Å². The summed E-state index contributed by atoms with van der Waals surface area (Å²) >= 11 is 2.50. The third-order valence-corrected chi connectivity index (χ3v) is 9.76. The number of hydrogen-bond donors (Lipinski definition) is 5. The number of carboxylic acid groups (broad SMARTS) is 1. The SMILES string of the molecule is C1CCOC1.CCOC(=O)C1=C(SCC(=O)O)C2C=CC1C(O)C2O.O=C1CSC2=C1C1C=CC2C(O)C1O. The maximum Gasteiger partial charge on any atom is 0.335 e. The van der Waals surface area contributed by atoms with Gasteiger partial charge in [-0.2, -0.15) is 0 Å². The summed E-state index contributed by atoms with van der Waals surface area (Å²) in [5, 5.41) is 48.2. The number of aliphatic hydroxyl groups excluding tert-OH is 4. The summed E-state index contributed by atoms with van der Waals surface area (Å²) in [4.78, 5) is 35.7. The second-order valence-corrected chi connectivity index (χ2v) is 11.9. The number of ketones is 1. The van der Waals surface area contributed by atoms with E-state index >= 15 is 0 Å². The molecule has 6 aliphatic carbocycles. The highest BCUT2D eigenvalue weighted by Crippen LogP contribution is 2.50. The lowest BCUT2D eigenvalue weighted by atomic mass is 9.71. The Labute approximate surface area is 234 Å². The highest BCUT2D eigenvalue weighted by atomic mass is 32.2. The van der Waals surface area contributed by atoms with E-state index < -0.39 is 48.2 Å². The average molecular weight is 583 g/mol. The summed E-state index contributed by atoms with van der Waals surface area (Å²) in [6, 6.07) is 0. The Bertz CT molecular complexity index is 1080. The van der Waals surface area contributed by atoms with E-state index in [1.807, 2.05) is 12.2 Å². The van der Waals surface area contributed by atoms with Crippen molar-refractivity contribution in [2.75, 3.05) is 31.3 Å². The van der Waals surface area contributed by atoms with E-state index in [0.29, 0.717) is 10.7 Å². The van der Waals surface area contributed by atoms with Crippen molar-refractivity contribution in [3.8, 4) is 0 Å². The fourth-order valence-electron chi connectivity index (χ4n) is 5.48. The molecule has 8 unspecified atom stereocenters. The summed E-state index contributed by atoms with van der Waals surface area (Å²) in [7, 11) is 0. The van der Waals surface area contributed by atoms with Crippen LogP contribution in [0.2, 0.25) is 0 Å². The van der Waals surface area contributed by atoms with E-state index in [1.165, 1.54) is 24.6 Å². The van der Waals surface area contributed by atoms with E-state index in [0.717, 1.165) is 35.5 Å². The molecule has 0 aromatic heterocycles. The van der Waals surface area contributed by atoms with Gasteiger partial charge in [0.05, 0.1) is 48.1 Å². The van der Waals surface area contributed by atoms with Gasteiger partial charge in [-0.05, 0) is 19.8 Å². The maximum absolute atomic E-state index is 12.0. The zero-order valence-corrected chi connectivity index (χ0v) is 23.1. The number of aliphatic carboxylic acids is 1. The standard InChI is InChI=1S/C13H16O6S.C10H10O3S.C4H8O/c1-2-19-13(18)9-6-3-4-7(11(17)10(6)16)12(9)20-5-8(14)15;11-6-3-14-10-5-2-1-4(7(6)10)8(12)9(5)13;1-2-4-5-3-1/h3-4,6-7,10-11,16-17H,2,5H2,1H3,(H,14,15);1-2,4-5,8-9,12-13H,3H2;1-4H2. The summed E-state index contributed by atoms with van der Waals surface area (Å²) in [6.07, 6.45) is 6.05. The minimum absolute atomic E-state index is 0.121. The summed E-state index contributed by atoms with van der Waals surface area (Å²) < 4.78 is 9.91. The molecule has 0 aromatic rings. The van der Waals surface area contributed by atoms with Crippen LogP contribution in [0.25, 0.3) is 0 Å². The van der Waals surface area contributed by atoms with Gasteiger partial charge >= 0.3 is 11.9 Å². The largest absolute Gasteiger partial charge is 0.481 e. The number of carboxylic acids is 1. The van der Waals surface area contributed by atoms with Crippen molar-refractivity contribution in [1.82, 2.24) is 0 Å². The lowest BCUT2D eigenvalue weighted by Crippen LogP contribution is -2.48. The number of hydrogen-bond acceptors (Lipinski definition) is 11. The predicted molar refractivity (Wildman–Crippen MR) is 145 cm³/mol. The van der Waals surface area contributed by atoms with Crippen LogP contribution in [0.15, 0.2) is 45.3 Å².